The maximum absolute atomic E-state index is 13.6. The average molecular weight is 465 g/mol. The van der Waals surface area contributed by atoms with E-state index in [1.54, 1.807) is 22.8 Å². The lowest BCUT2D eigenvalue weighted by Gasteiger charge is -2.19. The van der Waals surface area contributed by atoms with Crippen LogP contribution in [0, 0.1) is 5.92 Å². The van der Waals surface area contributed by atoms with Gasteiger partial charge in [-0.1, -0.05) is 18.7 Å². The molecule has 10 heteroatoms. The number of aromatic nitrogens is 2. The second-order valence-corrected chi connectivity index (χ2v) is 10.7. The van der Waals surface area contributed by atoms with Crippen molar-refractivity contribution in [1.29, 1.82) is 0 Å². The van der Waals surface area contributed by atoms with Crippen molar-refractivity contribution in [3.63, 3.8) is 0 Å². The molecule has 0 bridgehead atoms. The molecule has 3 unspecified atom stereocenters. The molecule has 8 nitrogen and oxygen atoms in total. The number of thiophene rings is 1. The fraction of sp³-hybridized carbons (Fsp3) is 0.619. The van der Waals surface area contributed by atoms with Gasteiger partial charge in [0.05, 0.1) is 23.3 Å². The van der Waals surface area contributed by atoms with Gasteiger partial charge in [-0.15, -0.1) is 11.3 Å². The van der Waals surface area contributed by atoms with Crippen molar-refractivity contribution in [3.8, 4) is 0 Å². The van der Waals surface area contributed by atoms with Crippen LogP contribution in [-0.2, 0) is 28.9 Å². The summed E-state index contributed by atoms with van der Waals surface area (Å²) in [5.74, 6) is 0.179. The molecule has 31 heavy (non-hydrogen) atoms. The zero-order valence-electron chi connectivity index (χ0n) is 18.0. The van der Waals surface area contributed by atoms with Gasteiger partial charge in [0.15, 0.2) is 5.16 Å². The number of urea groups is 1. The van der Waals surface area contributed by atoms with E-state index in [2.05, 4.69) is 17.6 Å². The van der Waals surface area contributed by atoms with Crippen LogP contribution in [0.25, 0.3) is 10.2 Å². The molecule has 2 N–H and O–H groups in total. The molecule has 1 aliphatic carbocycles. The number of carbonyl (C=O) groups is 2. The molecule has 0 spiro atoms. The zero-order chi connectivity index (χ0) is 22.1. The Morgan fingerprint density at radius 2 is 2.19 bits per heavy atom. The van der Waals surface area contributed by atoms with E-state index in [-0.39, 0.29) is 11.7 Å². The largest absolute Gasteiger partial charge is 0.376 e. The number of nitrogens with one attached hydrogen (secondary N) is 2. The van der Waals surface area contributed by atoms with Crippen LogP contribution >= 0.6 is 23.1 Å². The van der Waals surface area contributed by atoms with Crippen LogP contribution in [0.1, 0.15) is 43.6 Å². The summed E-state index contributed by atoms with van der Waals surface area (Å²) < 4.78 is 7.46. The number of nitrogens with zero attached hydrogens (tertiary/aromatic N) is 2. The first-order valence-corrected chi connectivity index (χ1v) is 12.4. The van der Waals surface area contributed by atoms with E-state index in [0.717, 1.165) is 47.9 Å². The van der Waals surface area contributed by atoms with E-state index >= 15 is 0 Å². The lowest BCUT2D eigenvalue weighted by Crippen LogP contribution is -2.41. The summed E-state index contributed by atoms with van der Waals surface area (Å²) in [4.78, 5) is 44.4. The molecular formula is C21H28N4O4S2. The van der Waals surface area contributed by atoms with E-state index in [9.17, 15) is 14.4 Å². The van der Waals surface area contributed by atoms with Gasteiger partial charge in [0.1, 0.15) is 4.83 Å². The average Bonchev–Trinajstić information content (AvgIpc) is 3.37. The quantitative estimate of drug-likeness (QED) is 0.521. The standard InChI is InChI=1S/C21H28N4O4S2/c1-11-6-7-14-15(9-11)31-18-16(14)19(27)25(10-13-5-4-8-29-13)21(24-18)30-12(2)17(26)23-20(28)22-3/h11-13H,4-10H2,1-3H3,(H2,22,23,26,28). The number of aryl methyl sites for hydroxylation is 1. The Balaban J connectivity index is 1.72. The Kier molecular flexibility index (Phi) is 6.68. The third kappa shape index (κ3) is 4.65. The monoisotopic (exact) mass is 464 g/mol. The normalized spacial score (nSPS) is 21.6. The number of imide groups is 1. The lowest BCUT2D eigenvalue weighted by molar-refractivity contribution is -0.119. The van der Waals surface area contributed by atoms with Gasteiger partial charge in [0, 0.05) is 18.5 Å². The molecule has 0 saturated carbocycles. The van der Waals surface area contributed by atoms with Crippen molar-refractivity contribution in [1.82, 2.24) is 20.2 Å². The summed E-state index contributed by atoms with van der Waals surface area (Å²) in [6.45, 7) is 5.07. The predicted molar refractivity (Wildman–Crippen MR) is 122 cm³/mol. The first-order chi connectivity index (χ1) is 14.9. The maximum atomic E-state index is 13.6. The molecule has 3 atom stereocenters. The highest BCUT2D eigenvalue weighted by Crippen LogP contribution is 2.37. The number of fused-ring (bicyclic) bond motifs is 3. The lowest BCUT2D eigenvalue weighted by atomic mass is 9.89. The highest BCUT2D eigenvalue weighted by Gasteiger charge is 2.28. The predicted octanol–water partition coefficient (Wildman–Crippen LogP) is 2.70. The first-order valence-electron chi connectivity index (χ1n) is 10.7. The van der Waals surface area contributed by atoms with E-state index in [4.69, 9.17) is 9.72 Å². The van der Waals surface area contributed by atoms with Gasteiger partial charge in [-0.25, -0.2) is 9.78 Å². The fourth-order valence-corrected chi connectivity index (χ4v) is 6.48. The molecule has 168 valence electrons. The van der Waals surface area contributed by atoms with E-state index < -0.39 is 17.2 Å². The van der Waals surface area contributed by atoms with Crippen molar-refractivity contribution < 1.29 is 14.3 Å². The van der Waals surface area contributed by atoms with Crippen molar-refractivity contribution >= 4 is 45.3 Å². The Morgan fingerprint density at radius 1 is 1.39 bits per heavy atom. The Labute approximate surface area is 189 Å². The Morgan fingerprint density at radius 3 is 2.90 bits per heavy atom. The van der Waals surface area contributed by atoms with Crippen LogP contribution in [0.3, 0.4) is 0 Å². The van der Waals surface area contributed by atoms with Gasteiger partial charge < -0.3 is 10.1 Å². The zero-order valence-corrected chi connectivity index (χ0v) is 19.7. The molecule has 2 aromatic rings. The van der Waals surface area contributed by atoms with Gasteiger partial charge >= 0.3 is 6.03 Å². The molecule has 0 radical (unpaired) electrons. The van der Waals surface area contributed by atoms with Crippen LogP contribution in [0.2, 0.25) is 0 Å². The third-order valence-corrected chi connectivity index (χ3v) is 8.14. The van der Waals surface area contributed by atoms with Crippen LogP contribution < -0.4 is 16.2 Å². The summed E-state index contributed by atoms with van der Waals surface area (Å²) in [6, 6.07) is -0.558. The van der Waals surface area contributed by atoms with Crippen molar-refractivity contribution in [2.75, 3.05) is 13.7 Å². The van der Waals surface area contributed by atoms with E-state index in [0.29, 0.717) is 24.2 Å². The van der Waals surface area contributed by atoms with Gasteiger partial charge in [0.25, 0.3) is 5.56 Å². The van der Waals surface area contributed by atoms with Crippen LogP contribution in [0.4, 0.5) is 4.79 Å². The molecule has 2 aliphatic rings. The minimum Gasteiger partial charge on any atom is -0.376 e. The smallest absolute Gasteiger partial charge is 0.321 e. The van der Waals surface area contributed by atoms with Crippen LogP contribution in [-0.4, -0.2) is 46.5 Å². The number of ether oxygens (including phenoxy) is 1. The molecule has 0 aromatic carbocycles. The van der Waals surface area contributed by atoms with Crippen LogP contribution in [0.15, 0.2) is 9.95 Å². The number of hydrogen-bond acceptors (Lipinski definition) is 7. The highest BCUT2D eigenvalue weighted by atomic mass is 32.2. The summed E-state index contributed by atoms with van der Waals surface area (Å²) in [5.41, 5.74) is 1.10. The maximum Gasteiger partial charge on any atom is 0.321 e. The minimum absolute atomic E-state index is 0.0270. The first kappa shape index (κ1) is 22.3. The number of hydrogen-bond donors (Lipinski definition) is 2. The Hall–Kier alpha value is -1.91. The highest BCUT2D eigenvalue weighted by molar-refractivity contribution is 8.00. The number of rotatable bonds is 5. The molecule has 1 saturated heterocycles. The molecule has 1 aliphatic heterocycles. The molecule has 2 aromatic heterocycles. The second-order valence-electron chi connectivity index (χ2n) is 8.31. The molecular weight excluding hydrogens is 436 g/mol. The molecule has 1 fully saturated rings. The topological polar surface area (TPSA) is 102 Å². The minimum atomic E-state index is -0.591. The third-order valence-electron chi connectivity index (χ3n) is 5.91. The molecule has 4 rings (SSSR count). The summed E-state index contributed by atoms with van der Waals surface area (Å²) >= 11 is 2.80. The second kappa shape index (κ2) is 9.30. The van der Waals surface area contributed by atoms with Gasteiger partial charge in [-0.05, 0) is 50.5 Å². The van der Waals surface area contributed by atoms with E-state index in [1.165, 1.54) is 23.7 Å². The van der Waals surface area contributed by atoms with Gasteiger partial charge in [-0.2, -0.15) is 0 Å². The van der Waals surface area contributed by atoms with Crippen molar-refractivity contribution in [3.05, 3.63) is 20.8 Å². The summed E-state index contributed by atoms with van der Waals surface area (Å²) in [6.07, 6.45) is 4.83. The van der Waals surface area contributed by atoms with Crippen molar-refractivity contribution in [2.45, 2.75) is 69.0 Å². The SMILES string of the molecule is CNC(=O)NC(=O)C(C)Sc1nc2sc3c(c2c(=O)n1CC1CCCO1)CCC(C)C3. The number of carbonyl (C=O) groups excluding carboxylic acids is 2. The molecule has 3 heterocycles. The summed E-state index contributed by atoms with van der Waals surface area (Å²) in [7, 11) is 1.45. The molecule has 3 amide bonds. The van der Waals surface area contributed by atoms with Crippen molar-refractivity contribution in [2.24, 2.45) is 5.92 Å². The fourth-order valence-electron chi connectivity index (χ4n) is 4.14. The van der Waals surface area contributed by atoms with Crippen LogP contribution in [0.5, 0.6) is 0 Å². The van der Waals surface area contributed by atoms with Gasteiger partial charge in [0.2, 0.25) is 5.91 Å². The number of amides is 3. The van der Waals surface area contributed by atoms with Gasteiger partial charge in [-0.3, -0.25) is 19.5 Å². The Bertz CT molecular complexity index is 1060. The number of thioether (sulfide) groups is 1. The summed E-state index contributed by atoms with van der Waals surface area (Å²) in [5, 5.41) is 5.31. The van der Waals surface area contributed by atoms with E-state index in [1.807, 2.05) is 0 Å².